The van der Waals surface area contributed by atoms with Gasteiger partial charge in [-0.25, -0.2) is 13.6 Å². The first-order valence-electron chi connectivity index (χ1n) is 7.92. The summed E-state index contributed by atoms with van der Waals surface area (Å²) in [6, 6.07) is 15.8. The first kappa shape index (κ1) is 16.2. The first-order valence-corrected chi connectivity index (χ1v) is 9.46. The van der Waals surface area contributed by atoms with Crippen molar-refractivity contribution in [1.82, 2.24) is 5.32 Å². The summed E-state index contributed by atoms with van der Waals surface area (Å²) in [6.45, 7) is 2.10. The highest BCUT2D eigenvalue weighted by Crippen LogP contribution is 2.31. The van der Waals surface area contributed by atoms with E-state index in [-0.39, 0.29) is 10.9 Å². The number of benzene rings is 2. The van der Waals surface area contributed by atoms with Crippen LogP contribution >= 0.6 is 0 Å². The largest absolute Gasteiger partial charge is 0.303 e. The maximum Gasteiger partial charge on any atom is 0.238 e. The Labute approximate surface area is 137 Å². The van der Waals surface area contributed by atoms with Gasteiger partial charge in [-0.05, 0) is 55.0 Å². The number of hydrogen-bond acceptors (Lipinski definition) is 3. The molecule has 0 radical (unpaired) electrons. The van der Waals surface area contributed by atoms with Crippen LogP contribution in [0.25, 0.3) is 0 Å². The third kappa shape index (κ3) is 3.63. The molecule has 0 aliphatic heterocycles. The summed E-state index contributed by atoms with van der Waals surface area (Å²) in [6.07, 6.45) is 3.45. The van der Waals surface area contributed by atoms with Crippen LogP contribution in [0.4, 0.5) is 0 Å². The van der Waals surface area contributed by atoms with Crippen molar-refractivity contribution in [3.05, 3.63) is 65.2 Å². The molecule has 1 aliphatic carbocycles. The quantitative estimate of drug-likeness (QED) is 0.905. The summed E-state index contributed by atoms with van der Waals surface area (Å²) in [5.41, 5.74) is 3.86. The summed E-state index contributed by atoms with van der Waals surface area (Å²) in [4.78, 5) is 0.150. The smallest absolute Gasteiger partial charge is 0.238 e. The fourth-order valence-electron chi connectivity index (χ4n) is 3.27. The average molecular weight is 330 g/mol. The van der Waals surface area contributed by atoms with Gasteiger partial charge in [0.2, 0.25) is 10.0 Å². The first-order chi connectivity index (χ1) is 10.9. The molecule has 0 saturated carbocycles. The van der Waals surface area contributed by atoms with Gasteiger partial charge in [0.15, 0.2) is 0 Å². The number of sulfonamides is 1. The monoisotopic (exact) mass is 330 g/mol. The predicted molar refractivity (Wildman–Crippen MR) is 91.5 cm³/mol. The molecule has 2 aromatic carbocycles. The lowest BCUT2D eigenvalue weighted by Crippen LogP contribution is -2.27. The van der Waals surface area contributed by atoms with Gasteiger partial charge >= 0.3 is 0 Å². The molecular formula is C18H22N2O2S. The molecule has 4 nitrogen and oxygen atoms in total. The Hall–Kier alpha value is -1.69. The zero-order valence-electron chi connectivity index (χ0n) is 13.2. The fraction of sp³-hybridized carbons (Fsp3) is 0.333. The van der Waals surface area contributed by atoms with Crippen molar-refractivity contribution < 1.29 is 8.42 Å². The molecule has 122 valence electrons. The van der Waals surface area contributed by atoms with Gasteiger partial charge in [0.25, 0.3) is 0 Å². The van der Waals surface area contributed by atoms with E-state index in [1.54, 1.807) is 12.1 Å². The van der Waals surface area contributed by atoms with Crippen molar-refractivity contribution >= 4 is 10.0 Å². The predicted octanol–water partition coefficient (Wildman–Crippen LogP) is 3.06. The molecule has 2 atom stereocenters. The minimum Gasteiger partial charge on any atom is -0.303 e. The molecule has 23 heavy (non-hydrogen) atoms. The molecule has 2 aromatic rings. The molecule has 0 amide bonds. The van der Waals surface area contributed by atoms with E-state index in [9.17, 15) is 8.42 Å². The number of aryl methyl sites for hydroxylation is 1. The Bertz CT molecular complexity index is 785. The molecule has 5 heteroatoms. The number of primary sulfonamides is 1. The van der Waals surface area contributed by atoms with Crippen LogP contribution in [0, 0.1) is 0 Å². The van der Waals surface area contributed by atoms with E-state index in [0.717, 1.165) is 18.4 Å². The van der Waals surface area contributed by atoms with Crippen molar-refractivity contribution in [3.8, 4) is 0 Å². The molecule has 0 fully saturated rings. The van der Waals surface area contributed by atoms with E-state index in [4.69, 9.17) is 5.14 Å². The summed E-state index contributed by atoms with van der Waals surface area (Å²) in [5, 5.41) is 8.81. The van der Waals surface area contributed by atoms with E-state index in [1.807, 2.05) is 12.1 Å². The van der Waals surface area contributed by atoms with Crippen molar-refractivity contribution in [2.45, 2.75) is 43.2 Å². The number of rotatable bonds is 4. The van der Waals surface area contributed by atoms with Gasteiger partial charge in [0.1, 0.15) is 0 Å². The van der Waals surface area contributed by atoms with Crippen LogP contribution in [0.2, 0.25) is 0 Å². The maximum absolute atomic E-state index is 11.3. The van der Waals surface area contributed by atoms with Gasteiger partial charge in [-0.3, -0.25) is 0 Å². The molecule has 1 aliphatic rings. The van der Waals surface area contributed by atoms with Crippen molar-refractivity contribution in [1.29, 1.82) is 0 Å². The summed E-state index contributed by atoms with van der Waals surface area (Å²) >= 11 is 0. The summed E-state index contributed by atoms with van der Waals surface area (Å²) < 4.78 is 22.7. The number of hydrogen-bond donors (Lipinski definition) is 2. The summed E-state index contributed by atoms with van der Waals surface area (Å²) in [5.74, 6) is 0. The number of nitrogens with two attached hydrogens (primary N) is 1. The maximum atomic E-state index is 11.3. The molecule has 0 bridgehead atoms. The molecule has 0 heterocycles. The standard InChI is InChI=1S/C18H22N2O2S/c1-13(14-9-11-16(12-10-14)23(19,21)22)20-18-8-4-6-15-5-2-3-7-17(15)18/h2-3,5,7,9-13,18,20H,4,6,8H2,1H3,(H2,19,21,22)/t13-,18+/m0/s1. The van der Waals surface area contributed by atoms with Gasteiger partial charge in [-0.2, -0.15) is 0 Å². The highest BCUT2D eigenvalue weighted by atomic mass is 32.2. The van der Waals surface area contributed by atoms with Crippen molar-refractivity contribution in [2.24, 2.45) is 5.14 Å². The van der Waals surface area contributed by atoms with Crippen LogP contribution < -0.4 is 10.5 Å². The molecule has 3 N–H and O–H groups in total. The Balaban J connectivity index is 1.76. The number of nitrogens with one attached hydrogen (secondary N) is 1. The second-order valence-corrected chi connectivity index (χ2v) is 7.71. The molecular weight excluding hydrogens is 308 g/mol. The molecule has 0 saturated heterocycles. The van der Waals surface area contributed by atoms with Gasteiger partial charge in [-0.15, -0.1) is 0 Å². The van der Waals surface area contributed by atoms with Gasteiger partial charge in [0.05, 0.1) is 4.90 Å². The van der Waals surface area contributed by atoms with E-state index in [0.29, 0.717) is 6.04 Å². The van der Waals surface area contributed by atoms with E-state index < -0.39 is 10.0 Å². The molecule has 3 rings (SSSR count). The van der Waals surface area contributed by atoms with Crippen LogP contribution in [0.5, 0.6) is 0 Å². The van der Waals surface area contributed by atoms with Crippen LogP contribution in [-0.2, 0) is 16.4 Å². The van der Waals surface area contributed by atoms with Gasteiger partial charge in [-0.1, -0.05) is 36.4 Å². The second-order valence-electron chi connectivity index (χ2n) is 6.15. The Morgan fingerprint density at radius 3 is 2.52 bits per heavy atom. The van der Waals surface area contributed by atoms with Crippen molar-refractivity contribution in [2.75, 3.05) is 0 Å². The molecule has 0 unspecified atom stereocenters. The van der Waals surface area contributed by atoms with Crippen LogP contribution in [0.1, 0.15) is 48.5 Å². The van der Waals surface area contributed by atoms with Crippen molar-refractivity contribution in [3.63, 3.8) is 0 Å². The van der Waals surface area contributed by atoms with E-state index >= 15 is 0 Å². The zero-order chi connectivity index (χ0) is 16.4. The Morgan fingerprint density at radius 1 is 1.13 bits per heavy atom. The van der Waals surface area contributed by atoms with E-state index in [2.05, 4.69) is 36.5 Å². The topological polar surface area (TPSA) is 72.2 Å². The Morgan fingerprint density at radius 2 is 1.83 bits per heavy atom. The highest BCUT2D eigenvalue weighted by Gasteiger charge is 2.21. The fourth-order valence-corrected chi connectivity index (χ4v) is 3.79. The lowest BCUT2D eigenvalue weighted by Gasteiger charge is -2.29. The van der Waals surface area contributed by atoms with Crippen LogP contribution in [0.3, 0.4) is 0 Å². The molecule has 0 aromatic heterocycles. The lowest BCUT2D eigenvalue weighted by molar-refractivity contribution is 0.415. The normalized spacial score (nSPS) is 19.1. The van der Waals surface area contributed by atoms with E-state index in [1.165, 1.54) is 17.5 Å². The SMILES string of the molecule is C[C@H](N[C@@H]1CCCc2ccccc21)c1ccc(S(N)(=O)=O)cc1. The molecule has 0 spiro atoms. The van der Waals surface area contributed by atoms with Gasteiger partial charge in [0, 0.05) is 12.1 Å². The van der Waals surface area contributed by atoms with Crippen LogP contribution in [0.15, 0.2) is 53.4 Å². The van der Waals surface area contributed by atoms with Gasteiger partial charge < -0.3 is 5.32 Å². The minimum absolute atomic E-state index is 0.140. The third-order valence-electron chi connectivity index (χ3n) is 4.53. The van der Waals surface area contributed by atoms with Crippen LogP contribution in [-0.4, -0.2) is 8.42 Å². The zero-order valence-corrected chi connectivity index (χ0v) is 14.0. The average Bonchev–Trinajstić information content (AvgIpc) is 2.54. The number of fused-ring (bicyclic) bond motifs is 1. The third-order valence-corrected chi connectivity index (χ3v) is 5.46. The Kier molecular flexibility index (Phi) is 4.53. The lowest BCUT2D eigenvalue weighted by atomic mass is 9.87. The minimum atomic E-state index is -3.63. The summed E-state index contributed by atoms with van der Waals surface area (Å²) in [7, 11) is -3.63. The second kappa shape index (κ2) is 6.43. The highest BCUT2D eigenvalue weighted by molar-refractivity contribution is 7.89.